The molecule has 1 saturated carbocycles. The predicted molar refractivity (Wildman–Crippen MR) is 82.2 cm³/mol. The van der Waals surface area contributed by atoms with Crippen molar-refractivity contribution in [1.29, 1.82) is 0 Å². The van der Waals surface area contributed by atoms with Crippen molar-refractivity contribution in [3.63, 3.8) is 0 Å². The molecule has 1 aliphatic carbocycles. The molecule has 1 atom stereocenters. The zero-order chi connectivity index (χ0) is 14.9. The van der Waals surface area contributed by atoms with E-state index in [1.54, 1.807) is 7.11 Å². The summed E-state index contributed by atoms with van der Waals surface area (Å²) in [7, 11) is 1.68. The fraction of sp³-hybridized carbons (Fsp3) is 0.588. The Hall–Kier alpha value is -1.55. The number of methoxy groups -OCH3 is 1. The molecule has 21 heavy (non-hydrogen) atoms. The molecule has 1 heterocycles. The second kappa shape index (κ2) is 5.68. The highest BCUT2D eigenvalue weighted by Gasteiger charge is 2.48. The highest BCUT2D eigenvalue weighted by atomic mass is 16.5. The molecule has 1 aromatic rings. The van der Waals surface area contributed by atoms with Gasteiger partial charge in [-0.05, 0) is 55.7 Å². The van der Waals surface area contributed by atoms with E-state index >= 15 is 0 Å². The molecule has 1 unspecified atom stereocenters. The summed E-state index contributed by atoms with van der Waals surface area (Å²) in [6.45, 7) is 1.72. The lowest BCUT2D eigenvalue weighted by Crippen LogP contribution is -2.49. The molecule has 2 fully saturated rings. The maximum atomic E-state index is 12.3. The average Bonchev–Trinajstić information content (AvgIpc) is 3.27. The van der Waals surface area contributed by atoms with Crippen LogP contribution < -0.4 is 10.5 Å². The summed E-state index contributed by atoms with van der Waals surface area (Å²) in [6.07, 6.45) is 5.00. The van der Waals surface area contributed by atoms with Crippen LogP contribution in [0.2, 0.25) is 0 Å². The van der Waals surface area contributed by atoms with Crippen molar-refractivity contribution in [3.05, 3.63) is 29.8 Å². The highest BCUT2D eigenvalue weighted by Crippen LogP contribution is 2.35. The van der Waals surface area contributed by atoms with E-state index in [0.717, 1.165) is 44.5 Å². The van der Waals surface area contributed by atoms with Gasteiger partial charge in [-0.15, -0.1) is 0 Å². The minimum atomic E-state index is -0.526. The van der Waals surface area contributed by atoms with Crippen LogP contribution in [0.5, 0.6) is 5.75 Å². The number of nitrogens with zero attached hydrogens (tertiary/aromatic N) is 1. The smallest absolute Gasteiger partial charge is 0.242 e. The number of nitrogens with two attached hydrogens (primary N) is 1. The summed E-state index contributed by atoms with van der Waals surface area (Å²) in [5.41, 5.74) is 6.83. The van der Waals surface area contributed by atoms with Crippen LogP contribution >= 0.6 is 0 Å². The van der Waals surface area contributed by atoms with Crippen LogP contribution in [0.25, 0.3) is 0 Å². The second-order valence-electron chi connectivity index (χ2n) is 6.47. The molecule has 1 saturated heterocycles. The van der Waals surface area contributed by atoms with Crippen LogP contribution in [0.15, 0.2) is 24.3 Å². The van der Waals surface area contributed by atoms with Crippen LogP contribution in [0.3, 0.4) is 0 Å². The average molecular weight is 288 g/mol. The number of piperidine rings is 1. The van der Waals surface area contributed by atoms with Gasteiger partial charge in [0.2, 0.25) is 5.91 Å². The van der Waals surface area contributed by atoms with Crippen LogP contribution in [0.4, 0.5) is 0 Å². The molecule has 0 aromatic heterocycles. The molecule has 3 rings (SSSR count). The fourth-order valence-corrected chi connectivity index (χ4v) is 3.17. The first-order valence-electron chi connectivity index (χ1n) is 7.82. The van der Waals surface area contributed by atoms with E-state index in [-0.39, 0.29) is 5.91 Å². The topological polar surface area (TPSA) is 55.6 Å². The van der Waals surface area contributed by atoms with Crippen molar-refractivity contribution in [3.8, 4) is 5.75 Å². The Labute approximate surface area is 126 Å². The number of carbonyl (C=O) groups is 1. The van der Waals surface area contributed by atoms with Crippen molar-refractivity contribution in [2.45, 2.75) is 37.6 Å². The zero-order valence-electron chi connectivity index (χ0n) is 12.7. The molecule has 2 aliphatic rings. The third kappa shape index (κ3) is 3.21. The second-order valence-corrected chi connectivity index (χ2v) is 6.47. The van der Waals surface area contributed by atoms with Crippen molar-refractivity contribution in [1.82, 2.24) is 4.90 Å². The molecule has 0 bridgehead atoms. The Bertz CT molecular complexity index is 508. The van der Waals surface area contributed by atoms with E-state index < -0.39 is 5.54 Å². The zero-order valence-corrected chi connectivity index (χ0v) is 12.7. The first kappa shape index (κ1) is 14.4. The summed E-state index contributed by atoms with van der Waals surface area (Å²) in [5.74, 6) is 1.60. The van der Waals surface area contributed by atoms with Crippen molar-refractivity contribution in [2.75, 3.05) is 20.2 Å². The minimum absolute atomic E-state index is 0.168. The van der Waals surface area contributed by atoms with Gasteiger partial charge in [0.1, 0.15) is 5.75 Å². The summed E-state index contributed by atoms with van der Waals surface area (Å²) >= 11 is 0. The van der Waals surface area contributed by atoms with Gasteiger partial charge in [-0.3, -0.25) is 4.79 Å². The molecule has 1 aromatic carbocycles. The summed E-state index contributed by atoms with van der Waals surface area (Å²) in [4.78, 5) is 14.3. The van der Waals surface area contributed by atoms with Crippen LogP contribution in [-0.2, 0) is 11.2 Å². The normalized spacial score (nSPS) is 23.7. The first-order valence-corrected chi connectivity index (χ1v) is 7.82. The molecular formula is C17H24N2O2. The molecule has 114 valence electrons. The van der Waals surface area contributed by atoms with Crippen molar-refractivity contribution < 1.29 is 9.53 Å². The number of hydrogen-bond acceptors (Lipinski definition) is 3. The van der Waals surface area contributed by atoms with Crippen LogP contribution in [-0.4, -0.2) is 36.5 Å². The van der Waals surface area contributed by atoms with Gasteiger partial charge in [-0.2, -0.15) is 0 Å². The minimum Gasteiger partial charge on any atom is -0.497 e. The maximum absolute atomic E-state index is 12.3. The SMILES string of the molecule is COc1ccc(CC2CCCN(C(=O)C3(N)CC3)C2)cc1. The van der Waals surface area contributed by atoms with Gasteiger partial charge in [0.25, 0.3) is 0 Å². The van der Waals surface area contributed by atoms with E-state index in [9.17, 15) is 4.79 Å². The molecule has 1 aliphatic heterocycles. The number of rotatable bonds is 4. The van der Waals surface area contributed by atoms with E-state index in [1.165, 1.54) is 12.0 Å². The number of hydrogen-bond donors (Lipinski definition) is 1. The van der Waals surface area contributed by atoms with Gasteiger partial charge in [-0.25, -0.2) is 0 Å². The summed E-state index contributed by atoms with van der Waals surface area (Å²) in [5, 5.41) is 0. The molecule has 1 amide bonds. The molecular weight excluding hydrogens is 264 g/mol. The number of carbonyl (C=O) groups excluding carboxylic acids is 1. The van der Waals surface area contributed by atoms with Crippen LogP contribution in [0, 0.1) is 5.92 Å². The standard InChI is InChI=1S/C17H24N2O2/c1-21-15-6-4-13(5-7-15)11-14-3-2-10-19(12-14)16(20)17(18)8-9-17/h4-7,14H,2-3,8-12,18H2,1H3. The van der Waals surface area contributed by atoms with E-state index in [1.807, 2.05) is 17.0 Å². The van der Waals surface area contributed by atoms with E-state index in [4.69, 9.17) is 10.5 Å². The Balaban J connectivity index is 1.59. The first-order chi connectivity index (χ1) is 10.1. The Morgan fingerprint density at radius 2 is 2.10 bits per heavy atom. The lowest BCUT2D eigenvalue weighted by atomic mass is 9.91. The molecule has 2 N–H and O–H groups in total. The third-order valence-corrected chi connectivity index (χ3v) is 4.70. The molecule has 4 heteroatoms. The molecule has 0 spiro atoms. The lowest BCUT2D eigenvalue weighted by Gasteiger charge is -2.34. The lowest BCUT2D eigenvalue weighted by molar-refractivity contribution is -0.135. The van der Waals surface area contributed by atoms with Gasteiger partial charge in [0.05, 0.1) is 12.6 Å². The molecule has 4 nitrogen and oxygen atoms in total. The largest absolute Gasteiger partial charge is 0.497 e. The van der Waals surface area contributed by atoms with E-state index in [0.29, 0.717) is 5.92 Å². The Morgan fingerprint density at radius 1 is 1.38 bits per heavy atom. The Kier molecular flexibility index (Phi) is 3.89. The monoisotopic (exact) mass is 288 g/mol. The van der Waals surface area contributed by atoms with Gasteiger partial charge in [0.15, 0.2) is 0 Å². The predicted octanol–water partition coefficient (Wildman–Crippen LogP) is 1.97. The number of benzene rings is 1. The van der Waals surface area contributed by atoms with Gasteiger partial charge >= 0.3 is 0 Å². The van der Waals surface area contributed by atoms with Gasteiger partial charge < -0.3 is 15.4 Å². The maximum Gasteiger partial charge on any atom is 0.242 e. The van der Waals surface area contributed by atoms with Gasteiger partial charge in [0, 0.05) is 13.1 Å². The van der Waals surface area contributed by atoms with E-state index in [2.05, 4.69) is 12.1 Å². The quantitative estimate of drug-likeness (QED) is 0.921. The summed E-state index contributed by atoms with van der Waals surface area (Å²) in [6, 6.07) is 8.23. The Morgan fingerprint density at radius 3 is 2.71 bits per heavy atom. The number of ether oxygens (including phenoxy) is 1. The van der Waals surface area contributed by atoms with Crippen molar-refractivity contribution in [2.24, 2.45) is 11.7 Å². The summed E-state index contributed by atoms with van der Waals surface area (Å²) < 4.78 is 5.19. The number of likely N-dealkylation sites (tertiary alicyclic amines) is 1. The third-order valence-electron chi connectivity index (χ3n) is 4.70. The highest BCUT2D eigenvalue weighted by molar-refractivity contribution is 5.89. The fourth-order valence-electron chi connectivity index (χ4n) is 3.17. The van der Waals surface area contributed by atoms with Crippen LogP contribution in [0.1, 0.15) is 31.2 Å². The molecule has 0 radical (unpaired) electrons. The van der Waals surface area contributed by atoms with Crippen molar-refractivity contribution >= 4 is 5.91 Å². The number of amides is 1. The van der Waals surface area contributed by atoms with Gasteiger partial charge in [-0.1, -0.05) is 12.1 Å².